The molecule has 6 heteroatoms. The van der Waals surface area contributed by atoms with E-state index in [1.165, 1.54) is 43.2 Å². The van der Waals surface area contributed by atoms with Crippen molar-refractivity contribution in [3.05, 3.63) is 113 Å². The Kier molecular flexibility index (Phi) is 7.82. The number of carbonyl (C=O) groups excluding carboxylic acids is 1. The molecule has 0 atom stereocenters. The number of hydrogen-bond donors (Lipinski definition) is 1. The zero-order valence-corrected chi connectivity index (χ0v) is 24.8. The Labute approximate surface area is 243 Å². The zero-order chi connectivity index (χ0) is 29.4. The van der Waals surface area contributed by atoms with Gasteiger partial charge >= 0.3 is 0 Å². The molecule has 1 spiro atoms. The average molecular weight is 558 g/mol. The smallest absolute Gasteiger partial charge is 0.254 e. The van der Waals surface area contributed by atoms with Gasteiger partial charge in [-0.2, -0.15) is 0 Å². The summed E-state index contributed by atoms with van der Waals surface area (Å²) in [5, 5.41) is 3.54. The lowest BCUT2D eigenvalue weighted by molar-refractivity contribution is 0.00547. The van der Waals surface area contributed by atoms with Crippen LogP contribution in [0.2, 0.25) is 0 Å². The first-order valence-corrected chi connectivity index (χ1v) is 14.5. The summed E-state index contributed by atoms with van der Waals surface area (Å²) in [5.41, 5.74) is 2.30. The van der Waals surface area contributed by atoms with E-state index in [4.69, 9.17) is 0 Å². The number of carbonyl (C=O) groups is 1. The summed E-state index contributed by atoms with van der Waals surface area (Å²) in [5.74, 6) is -0.826. The first-order chi connectivity index (χ1) is 19.5. The number of nitrogens with zero attached hydrogens (tertiary/aromatic N) is 2. The third-order valence-corrected chi connectivity index (χ3v) is 9.41. The number of rotatable bonds is 6. The van der Waals surface area contributed by atoms with Gasteiger partial charge in [-0.15, -0.1) is 0 Å². The van der Waals surface area contributed by atoms with E-state index >= 15 is 0 Å². The number of hydrogen-bond acceptors (Lipinski definition) is 3. The summed E-state index contributed by atoms with van der Waals surface area (Å²) >= 11 is 0. The van der Waals surface area contributed by atoms with Crippen molar-refractivity contribution in [2.45, 2.75) is 62.7 Å². The van der Waals surface area contributed by atoms with Crippen molar-refractivity contribution >= 4 is 11.5 Å². The molecule has 0 unspecified atom stereocenters. The van der Waals surface area contributed by atoms with Gasteiger partial charge in [0.2, 0.25) is 0 Å². The fraction of sp³-hybridized carbons (Fsp3) is 0.400. The fourth-order valence-corrected chi connectivity index (χ4v) is 7.20. The summed E-state index contributed by atoms with van der Waals surface area (Å²) < 4.78 is 29.5. The number of halogens is 2. The van der Waals surface area contributed by atoms with E-state index in [0.29, 0.717) is 18.5 Å². The van der Waals surface area contributed by atoms with Crippen LogP contribution in [0.15, 0.2) is 84.6 Å². The third-order valence-electron chi connectivity index (χ3n) is 9.41. The minimum atomic E-state index is -1.90. The van der Waals surface area contributed by atoms with Crippen LogP contribution in [-0.2, 0) is 11.2 Å². The monoisotopic (exact) mass is 557 g/mol. The molecule has 216 valence electrons. The summed E-state index contributed by atoms with van der Waals surface area (Å²) in [6, 6.07) is 25.1. The number of likely N-dealkylation sites (N-methyl/N-ethyl adjacent to an activating group) is 1. The molecule has 1 aliphatic carbocycles. The molecule has 5 rings (SSSR count). The van der Waals surface area contributed by atoms with Crippen molar-refractivity contribution in [3.63, 3.8) is 0 Å². The van der Waals surface area contributed by atoms with Gasteiger partial charge in [-0.25, -0.2) is 8.78 Å². The molecule has 1 aliphatic heterocycles. The third kappa shape index (κ3) is 5.07. The topological polar surface area (TPSA) is 35.6 Å². The van der Waals surface area contributed by atoms with Crippen molar-refractivity contribution < 1.29 is 13.6 Å². The van der Waals surface area contributed by atoms with E-state index in [1.807, 2.05) is 36.2 Å². The summed E-state index contributed by atoms with van der Waals surface area (Å²) in [4.78, 5) is 18.7. The van der Waals surface area contributed by atoms with Crippen LogP contribution in [0, 0.1) is 5.82 Å². The molecule has 0 aromatic heterocycles. The van der Waals surface area contributed by atoms with E-state index in [0.717, 1.165) is 36.9 Å². The zero-order valence-electron chi connectivity index (χ0n) is 24.8. The molecule has 1 fully saturated rings. The lowest BCUT2D eigenvalue weighted by Gasteiger charge is -2.56. The van der Waals surface area contributed by atoms with Gasteiger partial charge in [0.05, 0.1) is 5.54 Å². The molecule has 41 heavy (non-hydrogen) atoms. The normalized spacial score (nSPS) is 23.3. The van der Waals surface area contributed by atoms with E-state index < -0.39 is 17.0 Å². The minimum Gasteiger partial charge on any atom is -0.389 e. The molecular weight excluding hydrogens is 516 g/mol. The molecule has 1 heterocycles. The van der Waals surface area contributed by atoms with Crippen LogP contribution < -0.4 is 5.32 Å². The lowest BCUT2D eigenvalue weighted by atomic mass is 9.64. The highest BCUT2D eigenvalue weighted by Crippen LogP contribution is 2.52. The molecule has 4 nitrogen and oxygen atoms in total. The molecule has 1 saturated carbocycles. The molecule has 0 bridgehead atoms. The average Bonchev–Trinajstić information content (AvgIpc) is 2.97. The molecule has 0 saturated heterocycles. The quantitative estimate of drug-likeness (QED) is 0.346. The van der Waals surface area contributed by atoms with Crippen molar-refractivity contribution in [2.24, 2.45) is 0 Å². The number of benzene rings is 3. The Hall–Kier alpha value is -3.51. The van der Waals surface area contributed by atoms with Crippen LogP contribution in [0.1, 0.15) is 73.0 Å². The number of amides is 1. The number of alkyl halides is 1. The molecule has 1 N–H and O–H groups in total. The summed E-state index contributed by atoms with van der Waals surface area (Å²) in [6.45, 7) is 3.17. The van der Waals surface area contributed by atoms with Gasteiger partial charge in [-0.1, -0.05) is 60.7 Å². The highest BCUT2D eigenvalue weighted by Gasteiger charge is 2.53. The van der Waals surface area contributed by atoms with Gasteiger partial charge in [0.15, 0.2) is 0 Å². The predicted octanol–water partition coefficient (Wildman–Crippen LogP) is 7.28. The second-order valence-electron chi connectivity index (χ2n) is 12.2. The summed E-state index contributed by atoms with van der Waals surface area (Å²) in [6.07, 6.45) is 3.90. The maximum Gasteiger partial charge on any atom is 0.254 e. The molecule has 3 aromatic carbocycles. The van der Waals surface area contributed by atoms with E-state index in [-0.39, 0.29) is 17.0 Å². The van der Waals surface area contributed by atoms with E-state index in [2.05, 4.69) is 60.7 Å². The molecule has 2 aliphatic rings. The van der Waals surface area contributed by atoms with Gasteiger partial charge in [-0.3, -0.25) is 9.69 Å². The largest absolute Gasteiger partial charge is 0.389 e. The first kappa shape index (κ1) is 29.0. The molecule has 1 amide bonds. The second kappa shape index (κ2) is 11.1. The van der Waals surface area contributed by atoms with Crippen molar-refractivity contribution in [3.8, 4) is 0 Å². The minimum absolute atomic E-state index is 0.0943. The Morgan fingerprint density at radius 3 is 2.10 bits per heavy atom. The van der Waals surface area contributed by atoms with Crippen molar-refractivity contribution in [1.29, 1.82) is 0 Å². The highest BCUT2D eigenvalue weighted by atomic mass is 19.1. The van der Waals surface area contributed by atoms with Gasteiger partial charge in [0.1, 0.15) is 11.5 Å². The van der Waals surface area contributed by atoms with Crippen LogP contribution in [-0.4, -0.2) is 48.9 Å². The standard InChI is InChI=1S/C35H41F2N3O/c1-33(2,37)29-24-26(16-17-30(29)36)32(41)40-23-18-28(25-12-8-6-9-13-25)31(38-3)35(40)21-19-34(20-22-35,39(4)5)27-14-10-7-11-15-27/h6-17,24,38H,18-23H2,1-5H3. The van der Waals surface area contributed by atoms with Crippen LogP contribution >= 0.6 is 0 Å². The maximum atomic E-state index is 14.9. The Morgan fingerprint density at radius 2 is 1.54 bits per heavy atom. The van der Waals surface area contributed by atoms with Gasteiger partial charge in [-0.05, 0) is 94.9 Å². The van der Waals surface area contributed by atoms with Crippen LogP contribution in [0.3, 0.4) is 0 Å². The van der Waals surface area contributed by atoms with Gasteiger partial charge in [0.25, 0.3) is 5.91 Å². The summed E-state index contributed by atoms with van der Waals surface area (Å²) in [7, 11) is 6.22. The Morgan fingerprint density at radius 1 is 0.927 bits per heavy atom. The van der Waals surface area contributed by atoms with Gasteiger partial charge < -0.3 is 10.2 Å². The first-order valence-electron chi connectivity index (χ1n) is 14.5. The van der Waals surface area contributed by atoms with Crippen molar-refractivity contribution in [1.82, 2.24) is 15.1 Å². The molecular formula is C35H41F2N3O. The molecule has 0 radical (unpaired) electrons. The fourth-order valence-electron chi connectivity index (χ4n) is 7.20. The van der Waals surface area contributed by atoms with Crippen LogP contribution in [0.5, 0.6) is 0 Å². The van der Waals surface area contributed by atoms with E-state index in [1.54, 1.807) is 0 Å². The Bertz CT molecular complexity index is 1420. The van der Waals surface area contributed by atoms with Crippen LogP contribution in [0.4, 0.5) is 8.78 Å². The van der Waals surface area contributed by atoms with E-state index in [9.17, 15) is 13.6 Å². The van der Waals surface area contributed by atoms with Gasteiger partial charge in [0, 0.05) is 36.0 Å². The maximum absolute atomic E-state index is 14.9. The Balaban J connectivity index is 1.62. The SMILES string of the molecule is CNC1=C(c2ccccc2)CCN(C(=O)c2ccc(F)c(C(C)(C)F)c2)C12CCC(c1ccccc1)(N(C)C)CC2. The van der Waals surface area contributed by atoms with Crippen molar-refractivity contribution in [2.75, 3.05) is 27.7 Å². The lowest BCUT2D eigenvalue weighted by Crippen LogP contribution is -2.62. The highest BCUT2D eigenvalue weighted by molar-refractivity contribution is 5.96. The number of nitrogens with one attached hydrogen (secondary N) is 1. The molecule has 3 aromatic rings. The predicted molar refractivity (Wildman–Crippen MR) is 162 cm³/mol. The van der Waals surface area contributed by atoms with Crippen LogP contribution in [0.25, 0.3) is 5.57 Å². The second-order valence-corrected chi connectivity index (χ2v) is 12.2.